The number of benzene rings is 1. The maximum atomic E-state index is 12.6. The number of aromatic hydroxyl groups is 1. The summed E-state index contributed by atoms with van der Waals surface area (Å²) < 4.78 is 0. The van der Waals surface area contributed by atoms with Crippen LogP contribution in [0.4, 0.5) is 0 Å². The van der Waals surface area contributed by atoms with E-state index in [-0.39, 0.29) is 23.7 Å². The highest BCUT2D eigenvalue weighted by Gasteiger charge is 2.33. The lowest BCUT2D eigenvalue weighted by atomic mass is 9.83. The molecule has 3 N–H and O–H groups in total. The van der Waals surface area contributed by atoms with Crippen LogP contribution in [0.1, 0.15) is 48.2 Å². The van der Waals surface area contributed by atoms with Gasteiger partial charge in [-0.25, -0.2) is 0 Å². The number of hydrogen-bond donors (Lipinski definition) is 3. The second-order valence-electron chi connectivity index (χ2n) is 6.86. The summed E-state index contributed by atoms with van der Waals surface area (Å²) in [6.45, 7) is 2.57. The van der Waals surface area contributed by atoms with E-state index in [1.165, 1.54) is 0 Å². The van der Waals surface area contributed by atoms with Crippen LogP contribution in [-0.4, -0.2) is 34.3 Å². The zero-order valence-corrected chi connectivity index (χ0v) is 14.0. The molecule has 0 bridgehead atoms. The van der Waals surface area contributed by atoms with Gasteiger partial charge in [0.2, 0.25) is 0 Å². The Kier molecular flexibility index (Phi) is 4.71. The number of aryl methyl sites for hydroxylation is 1. The lowest BCUT2D eigenvalue weighted by molar-refractivity contribution is 0.0915. The fourth-order valence-electron chi connectivity index (χ4n) is 3.73. The second kappa shape index (κ2) is 6.77. The van der Waals surface area contributed by atoms with Crippen LogP contribution in [0.2, 0.25) is 0 Å². The molecule has 1 aromatic carbocycles. The van der Waals surface area contributed by atoms with E-state index in [4.69, 9.17) is 0 Å². The Balaban J connectivity index is 1.79. The summed E-state index contributed by atoms with van der Waals surface area (Å²) in [6, 6.07) is 6.73. The van der Waals surface area contributed by atoms with Gasteiger partial charge in [-0.1, -0.05) is 12.8 Å². The highest BCUT2D eigenvalue weighted by molar-refractivity contribution is 5.98. The van der Waals surface area contributed by atoms with Crippen molar-refractivity contribution in [3.8, 4) is 5.75 Å². The van der Waals surface area contributed by atoms with Crippen molar-refractivity contribution in [1.82, 2.24) is 10.3 Å². The quantitative estimate of drug-likeness (QED) is 0.788. The zero-order chi connectivity index (χ0) is 17.2. The largest absolute Gasteiger partial charge is 0.508 e. The van der Waals surface area contributed by atoms with Gasteiger partial charge in [0.15, 0.2) is 0 Å². The molecule has 0 unspecified atom stereocenters. The molecule has 0 saturated heterocycles. The lowest BCUT2D eigenvalue weighted by Crippen LogP contribution is -2.37. The lowest BCUT2D eigenvalue weighted by Gasteiger charge is -2.28. The number of phenolic OH excluding ortho intramolecular Hbond substituents is 1. The van der Waals surface area contributed by atoms with Crippen LogP contribution >= 0.6 is 0 Å². The molecule has 1 aromatic heterocycles. The molecule has 2 aromatic rings. The van der Waals surface area contributed by atoms with Gasteiger partial charge in [0.05, 0.1) is 16.8 Å². The van der Waals surface area contributed by atoms with Crippen molar-refractivity contribution in [2.45, 2.75) is 39.0 Å². The predicted molar refractivity (Wildman–Crippen MR) is 93.1 cm³/mol. The van der Waals surface area contributed by atoms with Gasteiger partial charge in [0, 0.05) is 18.5 Å². The number of aromatic nitrogens is 1. The number of carbonyl (C=O) groups excluding carboxylic acids is 1. The molecule has 5 nitrogen and oxygen atoms in total. The maximum Gasteiger partial charge on any atom is 0.253 e. The number of amides is 1. The number of pyridine rings is 1. The van der Waals surface area contributed by atoms with Gasteiger partial charge in [0.25, 0.3) is 5.91 Å². The Morgan fingerprint density at radius 2 is 2.04 bits per heavy atom. The van der Waals surface area contributed by atoms with E-state index in [2.05, 4.69) is 10.3 Å². The number of aliphatic hydroxyl groups is 1. The predicted octanol–water partition coefficient (Wildman–Crippen LogP) is 2.92. The normalized spacial score (nSPS) is 16.4. The topological polar surface area (TPSA) is 82.5 Å². The van der Waals surface area contributed by atoms with Gasteiger partial charge in [-0.2, -0.15) is 0 Å². The Bertz CT molecular complexity index is 752. The van der Waals surface area contributed by atoms with Crippen LogP contribution in [0.3, 0.4) is 0 Å². The van der Waals surface area contributed by atoms with Gasteiger partial charge < -0.3 is 15.5 Å². The van der Waals surface area contributed by atoms with E-state index in [1.54, 1.807) is 24.3 Å². The number of aliphatic hydroxyl groups excluding tert-OH is 1. The molecule has 128 valence electrons. The zero-order valence-electron chi connectivity index (χ0n) is 14.0. The third-order valence-corrected chi connectivity index (χ3v) is 5.16. The summed E-state index contributed by atoms with van der Waals surface area (Å²) in [7, 11) is 0. The Hall–Kier alpha value is -2.14. The molecule has 1 aliphatic carbocycles. The molecule has 1 amide bonds. The minimum Gasteiger partial charge on any atom is -0.508 e. The van der Waals surface area contributed by atoms with E-state index in [1.807, 2.05) is 6.92 Å². The van der Waals surface area contributed by atoms with Crippen molar-refractivity contribution < 1.29 is 15.0 Å². The Labute approximate surface area is 141 Å². The first-order valence-corrected chi connectivity index (χ1v) is 8.52. The van der Waals surface area contributed by atoms with E-state index < -0.39 is 0 Å². The van der Waals surface area contributed by atoms with Gasteiger partial charge in [-0.05, 0) is 55.9 Å². The van der Waals surface area contributed by atoms with E-state index in [0.717, 1.165) is 43.0 Å². The summed E-state index contributed by atoms with van der Waals surface area (Å²) in [5.41, 5.74) is 1.99. The molecule has 3 rings (SSSR count). The third-order valence-electron chi connectivity index (χ3n) is 5.16. The smallest absolute Gasteiger partial charge is 0.253 e. The highest BCUT2D eigenvalue weighted by Crippen LogP contribution is 2.40. The number of fused-ring (bicyclic) bond motifs is 1. The first-order valence-electron chi connectivity index (χ1n) is 8.52. The fourth-order valence-corrected chi connectivity index (χ4v) is 3.73. The average molecular weight is 328 g/mol. The van der Waals surface area contributed by atoms with Crippen molar-refractivity contribution in [1.29, 1.82) is 0 Å². The number of carbonyl (C=O) groups is 1. The summed E-state index contributed by atoms with van der Waals surface area (Å²) in [5, 5.41) is 22.7. The molecule has 24 heavy (non-hydrogen) atoms. The molecule has 0 aliphatic heterocycles. The summed E-state index contributed by atoms with van der Waals surface area (Å²) in [6.07, 6.45) is 5.15. The molecule has 1 heterocycles. The van der Waals surface area contributed by atoms with Crippen LogP contribution in [-0.2, 0) is 0 Å². The SMILES string of the molecule is Cc1nc2ccc(O)cc2cc1C(=O)NCC1(CCO)CCCC1. The first kappa shape index (κ1) is 16.7. The molecular weight excluding hydrogens is 304 g/mol. The molecule has 5 heteroatoms. The maximum absolute atomic E-state index is 12.6. The van der Waals surface area contributed by atoms with Gasteiger partial charge >= 0.3 is 0 Å². The van der Waals surface area contributed by atoms with Crippen LogP contribution in [0.25, 0.3) is 10.9 Å². The molecule has 0 radical (unpaired) electrons. The monoisotopic (exact) mass is 328 g/mol. The Morgan fingerprint density at radius 1 is 1.29 bits per heavy atom. The van der Waals surface area contributed by atoms with E-state index in [9.17, 15) is 15.0 Å². The van der Waals surface area contributed by atoms with Crippen molar-refractivity contribution in [3.05, 3.63) is 35.5 Å². The fraction of sp³-hybridized carbons (Fsp3) is 0.474. The van der Waals surface area contributed by atoms with Crippen LogP contribution < -0.4 is 5.32 Å². The molecule has 1 fully saturated rings. The van der Waals surface area contributed by atoms with Gasteiger partial charge in [-0.15, -0.1) is 0 Å². The van der Waals surface area contributed by atoms with E-state index >= 15 is 0 Å². The Morgan fingerprint density at radius 3 is 2.75 bits per heavy atom. The number of phenols is 1. The number of nitrogens with zero attached hydrogens (tertiary/aromatic N) is 1. The minimum atomic E-state index is -0.144. The number of rotatable bonds is 5. The third kappa shape index (κ3) is 3.36. The number of hydrogen-bond acceptors (Lipinski definition) is 4. The summed E-state index contributed by atoms with van der Waals surface area (Å²) in [5.74, 6) is 0.0156. The van der Waals surface area contributed by atoms with Gasteiger partial charge in [-0.3, -0.25) is 9.78 Å². The molecule has 1 saturated carbocycles. The van der Waals surface area contributed by atoms with Crippen molar-refractivity contribution >= 4 is 16.8 Å². The molecule has 1 aliphatic rings. The molecule has 0 spiro atoms. The van der Waals surface area contributed by atoms with Crippen LogP contribution in [0, 0.1) is 12.3 Å². The van der Waals surface area contributed by atoms with Crippen molar-refractivity contribution in [3.63, 3.8) is 0 Å². The second-order valence-corrected chi connectivity index (χ2v) is 6.86. The standard InChI is InChI=1S/C19H24N2O3/c1-13-16(11-14-10-15(23)4-5-17(14)21-13)18(24)20-12-19(8-9-22)6-2-3-7-19/h4-5,10-11,22-23H,2-3,6-9,12H2,1H3,(H,20,24). The first-order chi connectivity index (χ1) is 11.5. The van der Waals surface area contributed by atoms with Gasteiger partial charge in [0.1, 0.15) is 5.75 Å². The minimum absolute atomic E-state index is 0.0286. The average Bonchev–Trinajstić information content (AvgIpc) is 3.02. The number of nitrogens with one attached hydrogen (secondary N) is 1. The molecule has 0 atom stereocenters. The summed E-state index contributed by atoms with van der Waals surface area (Å²) >= 11 is 0. The van der Waals surface area contributed by atoms with Crippen LogP contribution in [0.15, 0.2) is 24.3 Å². The van der Waals surface area contributed by atoms with Crippen molar-refractivity contribution in [2.75, 3.05) is 13.2 Å². The van der Waals surface area contributed by atoms with Crippen molar-refractivity contribution in [2.24, 2.45) is 5.41 Å². The van der Waals surface area contributed by atoms with E-state index in [0.29, 0.717) is 17.8 Å². The van der Waals surface area contributed by atoms with Crippen LogP contribution in [0.5, 0.6) is 5.75 Å². The highest BCUT2D eigenvalue weighted by atomic mass is 16.3. The molecular formula is C19H24N2O3. The summed E-state index contributed by atoms with van der Waals surface area (Å²) in [4.78, 5) is 17.1.